The van der Waals surface area contributed by atoms with Crippen molar-refractivity contribution < 1.29 is 36.8 Å². The van der Waals surface area contributed by atoms with E-state index in [1.807, 2.05) is 6.92 Å². The van der Waals surface area contributed by atoms with Gasteiger partial charge in [0.1, 0.15) is 0 Å². The number of piperidine rings is 1. The van der Waals surface area contributed by atoms with Crippen molar-refractivity contribution in [2.24, 2.45) is 0 Å². The summed E-state index contributed by atoms with van der Waals surface area (Å²) in [5.74, 6) is -0.416. The summed E-state index contributed by atoms with van der Waals surface area (Å²) in [5.41, 5.74) is 0.677. The fourth-order valence-electron chi connectivity index (χ4n) is 3.64. The lowest BCUT2D eigenvalue weighted by molar-refractivity contribution is -0.138. The van der Waals surface area contributed by atoms with Gasteiger partial charge in [0.2, 0.25) is 5.91 Å². The Morgan fingerprint density at radius 1 is 1.25 bits per heavy atom. The van der Waals surface area contributed by atoms with Crippen LogP contribution in [-0.2, 0) is 26.5 Å². The number of hydrogen-bond acceptors (Lipinski definition) is 5. The Balaban J connectivity index is 1.67. The van der Waals surface area contributed by atoms with E-state index in [1.165, 1.54) is 23.0 Å². The van der Waals surface area contributed by atoms with Gasteiger partial charge in [-0.2, -0.15) is 13.2 Å². The number of nitrogens with zero attached hydrogens (tertiary/aromatic N) is 4. The highest BCUT2D eigenvalue weighted by molar-refractivity contribution is 7.46. The van der Waals surface area contributed by atoms with Crippen LogP contribution in [0.15, 0.2) is 30.5 Å². The van der Waals surface area contributed by atoms with Crippen LogP contribution in [0, 0.1) is 0 Å². The third-order valence-electron chi connectivity index (χ3n) is 5.44. The predicted octanol–water partition coefficient (Wildman–Crippen LogP) is 2.92. The summed E-state index contributed by atoms with van der Waals surface area (Å²) in [6, 6.07) is 3.93. The van der Waals surface area contributed by atoms with E-state index in [1.54, 1.807) is 4.90 Å². The van der Waals surface area contributed by atoms with Gasteiger partial charge in [-0.15, -0.1) is 5.10 Å². The van der Waals surface area contributed by atoms with Crippen molar-refractivity contribution in [2.75, 3.05) is 19.7 Å². The summed E-state index contributed by atoms with van der Waals surface area (Å²) < 4.78 is 55.2. The molecule has 2 aromatic rings. The monoisotopic (exact) mass is 476 g/mol. The van der Waals surface area contributed by atoms with Crippen molar-refractivity contribution in [3.8, 4) is 0 Å². The molecule has 2 N–H and O–H groups in total. The second-order valence-corrected chi connectivity index (χ2v) is 8.80. The molecule has 1 aromatic heterocycles. The molecule has 1 aliphatic heterocycles. The van der Waals surface area contributed by atoms with Crippen LogP contribution in [0.1, 0.15) is 48.5 Å². The first kappa shape index (κ1) is 24.4. The number of likely N-dealkylation sites (tertiary alicyclic amines) is 1. The van der Waals surface area contributed by atoms with Crippen LogP contribution in [-0.4, -0.2) is 55.3 Å². The summed E-state index contributed by atoms with van der Waals surface area (Å²) in [6.45, 7) is 1.95. The van der Waals surface area contributed by atoms with Crippen molar-refractivity contribution in [3.05, 3.63) is 47.3 Å². The molecule has 0 unspecified atom stereocenters. The molecular weight excluding hydrogens is 452 g/mol. The second-order valence-electron chi connectivity index (χ2n) is 7.56. The molecule has 2 heterocycles. The first-order chi connectivity index (χ1) is 15.0. The highest BCUT2D eigenvalue weighted by atomic mass is 31.2. The minimum atomic E-state index is -4.80. The average Bonchev–Trinajstić information content (AvgIpc) is 3.21. The van der Waals surface area contributed by atoms with Crippen molar-refractivity contribution in [1.82, 2.24) is 19.9 Å². The smallest absolute Gasteiger partial charge is 0.341 e. The van der Waals surface area contributed by atoms with Gasteiger partial charge in [0.05, 0.1) is 17.9 Å². The van der Waals surface area contributed by atoms with E-state index in [4.69, 9.17) is 9.79 Å². The number of amides is 1. The maximum Gasteiger partial charge on any atom is 0.469 e. The molecule has 176 valence electrons. The zero-order valence-electron chi connectivity index (χ0n) is 17.3. The van der Waals surface area contributed by atoms with Gasteiger partial charge < -0.3 is 14.7 Å². The minimum absolute atomic E-state index is 0.00389. The van der Waals surface area contributed by atoms with Crippen molar-refractivity contribution in [2.45, 2.75) is 44.3 Å². The number of benzene rings is 1. The van der Waals surface area contributed by atoms with Gasteiger partial charge in [-0.05, 0) is 42.9 Å². The van der Waals surface area contributed by atoms with E-state index in [2.05, 4.69) is 14.8 Å². The number of alkyl halides is 3. The van der Waals surface area contributed by atoms with Gasteiger partial charge in [0.25, 0.3) is 0 Å². The highest BCUT2D eigenvalue weighted by Crippen LogP contribution is 2.37. The van der Waals surface area contributed by atoms with E-state index in [-0.39, 0.29) is 5.92 Å². The van der Waals surface area contributed by atoms with E-state index in [0.29, 0.717) is 38.0 Å². The second kappa shape index (κ2) is 9.70. The standard InChI is InChI=1S/C19H24F3N4O5P/c1-2-16-11-26(24-23-16)17(12-31-32(28,29)30)18(27)25-9-7-14(8-10-25)13-3-5-15(6-4-13)19(20,21)22/h3-6,11,14,17H,2,7-10,12H2,1H3,(H2,28,29,30)/t17-/m0/s1. The Labute approximate surface area is 182 Å². The molecule has 1 aliphatic rings. The van der Waals surface area contributed by atoms with E-state index in [9.17, 15) is 22.5 Å². The Hall–Kier alpha value is -2.27. The number of carbonyl (C=O) groups excluding carboxylic acids is 1. The largest absolute Gasteiger partial charge is 0.469 e. The topological polar surface area (TPSA) is 118 Å². The van der Waals surface area contributed by atoms with Gasteiger partial charge in [-0.1, -0.05) is 24.3 Å². The van der Waals surface area contributed by atoms with E-state index in [0.717, 1.165) is 17.7 Å². The lowest BCUT2D eigenvalue weighted by Crippen LogP contribution is -2.43. The molecule has 3 rings (SSSR count). The summed E-state index contributed by atoms with van der Waals surface area (Å²) in [4.78, 5) is 32.7. The number of carbonyl (C=O) groups is 1. The van der Waals surface area contributed by atoms with E-state index >= 15 is 0 Å². The number of phosphoric ester groups is 1. The fourth-order valence-corrected chi connectivity index (χ4v) is 3.98. The van der Waals surface area contributed by atoms with Crippen LogP contribution in [0.5, 0.6) is 0 Å². The molecule has 1 saturated heterocycles. The van der Waals surface area contributed by atoms with Crippen LogP contribution >= 0.6 is 7.82 Å². The highest BCUT2D eigenvalue weighted by Gasteiger charge is 2.33. The quantitative estimate of drug-likeness (QED) is 0.590. The minimum Gasteiger partial charge on any atom is -0.341 e. The van der Waals surface area contributed by atoms with Crippen LogP contribution in [0.4, 0.5) is 13.2 Å². The number of aryl methyl sites for hydroxylation is 1. The van der Waals surface area contributed by atoms with Gasteiger partial charge in [-0.3, -0.25) is 9.32 Å². The van der Waals surface area contributed by atoms with Crippen molar-refractivity contribution >= 4 is 13.7 Å². The van der Waals surface area contributed by atoms with Crippen molar-refractivity contribution in [3.63, 3.8) is 0 Å². The van der Waals surface area contributed by atoms with E-state index < -0.39 is 38.1 Å². The lowest BCUT2D eigenvalue weighted by Gasteiger charge is -2.34. The Bertz CT molecular complexity index is 968. The first-order valence-electron chi connectivity index (χ1n) is 10.0. The van der Waals surface area contributed by atoms with Crippen molar-refractivity contribution in [1.29, 1.82) is 0 Å². The zero-order chi connectivity index (χ0) is 23.5. The van der Waals surface area contributed by atoms with Crippen LogP contribution in [0.3, 0.4) is 0 Å². The Morgan fingerprint density at radius 2 is 1.88 bits per heavy atom. The molecule has 0 aliphatic carbocycles. The summed E-state index contributed by atoms with van der Waals surface area (Å²) in [6.07, 6.45) is -1.21. The number of hydrogen-bond donors (Lipinski definition) is 2. The fraction of sp³-hybridized carbons (Fsp3) is 0.526. The van der Waals surface area contributed by atoms with Crippen LogP contribution in [0.2, 0.25) is 0 Å². The van der Waals surface area contributed by atoms with Gasteiger partial charge >= 0.3 is 14.0 Å². The Kier molecular flexibility index (Phi) is 7.39. The molecular formula is C19H24F3N4O5P. The summed E-state index contributed by atoms with van der Waals surface area (Å²) >= 11 is 0. The third kappa shape index (κ3) is 6.16. The predicted molar refractivity (Wildman–Crippen MR) is 106 cm³/mol. The van der Waals surface area contributed by atoms with Crippen LogP contribution < -0.4 is 0 Å². The SMILES string of the molecule is CCc1cn([C@@H](COP(=O)(O)O)C(=O)N2CCC(c3ccc(C(F)(F)F)cc3)CC2)nn1. The molecule has 9 nitrogen and oxygen atoms in total. The lowest BCUT2D eigenvalue weighted by atomic mass is 9.88. The van der Waals surface area contributed by atoms with Gasteiger partial charge in [0.15, 0.2) is 6.04 Å². The summed E-state index contributed by atoms with van der Waals surface area (Å²) in [7, 11) is -4.80. The molecule has 13 heteroatoms. The molecule has 0 saturated carbocycles. The zero-order valence-corrected chi connectivity index (χ0v) is 18.2. The maximum atomic E-state index is 13.1. The molecule has 1 fully saturated rings. The number of aromatic nitrogens is 3. The van der Waals surface area contributed by atoms with Gasteiger partial charge in [-0.25, -0.2) is 9.25 Å². The number of halogens is 3. The number of phosphoric acid groups is 1. The molecule has 32 heavy (non-hydrogen) atoms. The normalized spacial score (nSPS) is 16.9. The molecule has 0 bridgehead atoms. The van der Waals surface area contributed by atoms with Gasteiger partial charge in [0, 0.05) is 19.3 Å². The van der Waals surface area contributed by atoms with Crippen LogP contribution in [0.25, 0.3) is 0 Å². The maximum absolute atomic E-state index is 13.1. The molecule has 1 aromatic carbocycles. The molecule has 0 spiro atoms. The third-order valence-corrected chi connectivity index (χ3v) is 5.93. The first-order valence-corrected chi connectivity index (χ1v) is 11.6. The number of rotatable bonds is 7. The Morgan fingerprint density at radius 3 is 2.38 bits per heavy atom. The molecule has 0 radical (unpaired) electrons. The summed E-state index contributed by atoms with van der Waals surface area (Å²) in [5, 5.41) is 7.80. The average molecular weight is 476 g/mol. The molecule has 1 atom stereocenters. The molecule has 1 amide bonds.